The second-order valence-electron chi connectivity index (χ2n) is 3.58. The third kappa shape index (κ3) is 1.67. The van der Waals surface area contributed by atoms with Crippen molar-refractivity contribution in [1.29, 1.82) is 0 Å². The third-order valence-electron chi connectivity index (χ3n) is 2.45. The number of nitrogens with zero attached hydrogens (tertiary/aromatic N) is 4. The predicted octanol–water partition coefficient (Wildman–Crippen LogP) is 1.67. The number of hydrogen-bond acceptors (Lipinski definition) is 5. The van der Waals surface area contributed by atoms with Crippen molar-refractivity contribution in [2.24, 2.45) is 0 Å². The monoisotopic (exact) mass is 223 g/mol. The SMILES string of the molecule is Nc1nc(-c2cncnc2)nc2ccccc12. The highest BCUT2D eigenvalue weighted by molar-refractivity contribution is 5.89. The normalized spacial score (nSPS) is 10.6. The lowest BCUT2D eigenvalue weighted by Gasteiger charge is -2.04. The van der Waals surface area contributed by atoms with Crippen molar-refractivity contribution in [3.63, 3.8) is 0 Å². The molecule has 0 spiro atoms. The number of hydrogen-bond donors (Lipinski definition) is 1. The molecule has 3 aromatic rings. The van der Waals surface area contributed by atoms with E-state index in [1.165, 1.54) is 6.33 Å². The van der Waals surface area contributed by atoms with Gasteiger partial charge in [0.15, 0.2) is 5.82 Å². The van der Waals surface area contributed by atoms with Crippen molar-refractivity contribution >= 4 is 16.7 Å². The van der Waals surface area contributed by atoms with Crippen LogP contribution in [0, 0.1) is 0 Å². The maximum atomic E-state index is 5.90. The van der Waals surface area contributed by atoms with E-state index in [-0.39, 0.29) is 0 Å². The number of rotatable bonds is 1. The molecule has 0 saturated carbocycles. The first-order valence-corrected chi connectivity index (χ1v) is 5.12. The molecule has 2 heterocycles. The standard InChI is InChI=1S/C12H9N5/c13-11-9-3-1-2-4-10(9)16-12(17-11)8-5-14-7-15-6-8/h1-7H,(H2,13,16,17). The van der Waals surface area contributed by atoms with Gasteiger partial charge in [-0.2, -0.15) is 0 Å². The Hall–Kier alpha value is -2.56. The van der Waals surface area contributed by atoms with Crippen LogP contribution >= 0.6 is 0 Å². The van der Waals surface area contributed by atoms with Crippen LogP contribution in [-0.2, 0) is 0 Å². The van der Waals surface area contributed by atoms with Gasteiger partial charge in [0.05, 0.1) is 11.1 Å². The van der Waals surface area contributed by atoms with Gasteiger partial charge in [0.2, 0.25) is 0 Å². The van der Waals surface area contributed by atoms with Gasteiger partial charge in [-0.3, -0.25) is 0 Å². The number of nitrogens with two attached hydrogens (primary N) is 1. The van der Waals surface area contributed by atoms with Gasteiger partial charge in [-0.1, -0.05) is 12.1 Å². The molecule has 0 aliphatic carbocycles. The second kappa shape index (κ2) is 3.79. The molecule has 0 radical (unpaired) electrons. The summed E-state index contributed by atoms with van der Waals surface area (Å²) in [4.78, 5) is 16.6. The van der Waals surface area contributed by atoms with Gasteiger partial charge in [-0.05, 0) is 12.1 Å². The van der Waals surface area contributed by atoms with Crippen LogP contribution in [0.4, 0.5) is 5.82 Å². The molecule has 0 amide bonds. The van der Waals surface area contributed by atoms with Crippen LogP contribution in [0.1, 0.15) is 0 Å². The van der Waals surface area contributed by atoms with E-state index in [1.807, 2.05) is 24.3 Å². The summed E-state index contributed by atoms with van der Waals surface area (Å²) in [6, 6.07) is 7.63. The zero-order valence-electron chi connectivity index (χ0n) is 8.91. The first kappa shape index (κ1) is 9.65. The first-order chi connectivity index (χ1) is 8.34. The average molecular weight is 223 g/mol. The Morgan fingerprint density at radius 1 is 0.941 bits per heavy atom. The lowest BCUT2D eigenvalue weighted by molar-refractivity contribution is 1.14. The molecule has 0 unspecified atom stereocenters. The van der Waals surface area contributed by atoms with E-state index in [9.17, 15) is 0 Å². The molecular formula is C12H9N5. The van der Waals surface area contributed by atoms with Crippen LogP contribution in [-0.4, -0.2) is 19.9 Å². The summed E-state index contributed by atoms with van der Waals surface area (Å²) in [6.07, 6.45) is 4.79. The van der Waals surface area contributed by atoms with Crippen molar-refractivity contribution in [2.75, 3.05) is 5.73 Å². The summed E-state index contributed by atoms with van der Waals surface area (Å²) in [5.41, 5.74) is 7.48. The van der Waals surface area contributed by atoms with Crippen molar-refractivity contribution in [3.05, 3.63) is 43.0 Å². The number of aromatic nitrogens is 4. The van der Waals surface area contributed by atoms with E-state index in [4.69, 9.17) is 5.73 Å². The van der Waals surface area contributed by atoms with Crippen LogP contribution < -0.4 is 5.73 Å². The fourth-order valence-electron chi connectivity index (χ4n) is 1.64. The average Bonchev–Trinajstić information content (AvgIpc) is 2.40. The summed E-state index contributed by atoms with van der Waals surface area (Å²) in [6.45, 7) is 0. The molecule has 3 rings (SSSR count). The topological polar surface area (TPSA) is 77.6 Å². The fraction of sp³-hybridized carbons (Fsp3) is 0. The van der Waals surface area contributed by atoms with Crippen molar-refractivity contribution in [3.8, 4) is 11.4 Å². The van der Waals surface area contributed by atoms with E-state index in [0.29, 0.717) is 11.6 Å². The lowest BCUT2D eigenvalue weighted by atomic mass is 10.2. The summed E-state index contributed by atoms with van der Waals surface area (Å²) < 4.78 is 0. The molecule has 0 bridgehead atoms. The molecule has 0 aliphatic rings. The van der Waals surface area contributed by atoms with E-state index in [1.54, 1.807) is 12.4 Å². The molecule has 0 saturated heterocycles. The third-order valence-corrected chi connectivity index (χ3v) is 2.45. The number of nitrogen functional groups attached to an aromatic ring is 1. The smallest absolute Gasteiger partial charge is 0.165 e. The molecule has 1 aromatic carbocycles. The van der Waals surface area contributed by atoms with Crippen LogP contribution in [0.25, 0.3) is 22.3 Å². The summed E-state index contributed by atoms with van der Waals surface area (Å²) in [7, 11) is 0. The minimum Gasteiger partial charge on any atom is -0.383 e. The van der Waals surface area contributed by atoms with Crippen LogP contribution in [0.5, 0.6) is 0 Å². The van der Waals surface area contributed by atoms with Gasteiger partial charge in [0.1, 0.15) is 12.1 Å². The van der Waals surface area contributed by atoms with Gasteiger partial charge in [0, 0.05) is 17.8 Å². The van der Waals surface area contributed by atoms with Gasteiger partial charge >= 0.3 is 0 Å². The molecule has 0 atom stereocenters. The number of para-hydroxylation sites is 1. The van der Waals surface area contributed by atoms with Gasteiger partial charge < -0.3 is 5.73 Å². The highest BCUT2D eigenvalue weighted by Gasteiger charge is 2.06. The highest BCUT2D eigenvalue weighted by atomic mass is 15.0. The number of fused-ring (bicyclic) bond motifs is 1. The highest BCUT2D eigenvalue weighted by Crippen LogP contribution is 2.21. The van der Waals surface area contributed by atoms with E-state index < -0.39 is 0 Å². The Balaban J connectivity index is 2.26. The Labute approximate surface area is 97.4 Å². The molecule has 0 fully saturated rings. The molecule has 0 aliphatic heterocycles. The van der Waals surface area contributed by atoms with Crippen LogP contribution in [0.2, 0.25) is 0 Å². The maximum absolute atomic E-state index is 5.90. The number of benzene rings is 1. The van der Waals surface area contributed by atoms with Gasteiger partial charge in [-0.25, -0.2) is 19.9 Å². The van der Waals surface area contributed by atoms with Crippen LogP contribution in [0.3, 0.4) is 0 Å². The Bertz CT molecular complexity index is 666. The van der Waals surface area contributed by atoms with Crippen molar-refractivity contribution in [2.45, 2.75) is 0 Å². The molecule has 2 N–H and O–H groups in total. The number of anilines is 1. The molecule has 17 heavy (non-hydrogen) atoms. The maximum Gasteiger partial charge on any atom is 0.165 e. The van der Waals surface area contributed by atoms with Crippen LogP contribution in [0.15, 0.2) is 43.0 Å². The lowest BCUT2D eigenvalue weighted by Crippen LogP contribution is -1.98. The van der Waals surface area contributed by atoms with Gasteiger partial charge in [0.25, 0.3) is 0 Å². The van der Waals surface area contributed by atoms with E-state index in [0.717, 1.165) is 16.5 Å². The van der Waals surface area contributed by atoms with Crippen molar-refractivity contribution < 1.29 is 0 Å². The predicted molar refractivity (Wildman–Crippen MR) is 65.0 cm³/mol. The van der Waals surface area contributed by atoms with E-state index >= 15 is 0 Å². The Morgan fingerprint density at radius 2 is 1.71 bits per heavy atom. The van der Waals surface area contributed by atoms with E-state index in [2.05, 4.69) is 19.9 Å². The minimum absolute atomic E-state index is 0.467. The summed E-state index contributed by atoms with van der Waals surface area (Å²) in [5, 5.41) is 0.855. The largest absolute Gasteiger partial charge is 0.383 e. The van der Waals surface area contributed by atoms with Gasteiger partial charge in [-0.15, -0.1) is 0 Å². The zero-order valence-corrected chi connectivity index (χ0v) is 8.91. The zero-order chi connectivity index (χ0) is 11.7. The molecule has 2 aromatic heterocycles. The fourth-order valence-corrected chi connectivity index (χ4v) is 1.64. The first-order valence-electron chi connectivity index (χ1n) is 5.12. The minimum atomic E-state index is 0.467. The molecule has 82 valence electrons. The second-order valence-corrected chi connectivity index (χ2v) is 3.58. The molecular weight excluding hydrogens is 214 g/mol. The Morgan fingerprint density at radius 3 is 2.53 bits per heavy atom. The molecule has 5 nitrogen and oxygen atoms in total. The quantitative estimate of drug-likeness (QED) is 0.679. The van der Waals surface area contributed by atoms with Crippen molar-refractivity contribution in [1.82, 2.24) is 19.9 Å². The Kier molecular flexibility index (Phi) is 2.15. The summed E-state index contributed by atoms with van der Waals surface area (Å²) >= 11 is 0. The molecule has 5 heteroatoms. The summed E-state index contributed by atoms with van der Waals surface area (Å²) in [5.74, 6) is 1.01.